The van der Waals surface area contributed by atoms with Crippen molar-refractivity contribution >= 4 is 27.5 Å². The zero-order chi connectivity index (χ0) is 12.4. The van der Waals surface area contributed by atoms with Gasteiger partial charge in [-0.3, -0.25) is 0 Å². The van der Waals surface area contributed by atoms with Crippen molar-refractivity contribution in [1.82, 2.24) is 5.32 Å². The molecule has 1 aliphatic rings. The second-order valence-corrected chi connectivity index (χ2v) is 6.16. The number of halogens is 2. The summed E-state index contributed by atoms with van der Waals surface area (Å²) in [4.78, 5) is 0. The maximum Gasteiger partial charge on any atom is 0.0459 e. The highest BCUT2D eigenvalue weighted by molar-refractivity contribution is 9.10. The van der Waals surface area contributed by atoms with Gasteiger partial charge in [-0.1, -0.05) is 34.5 Å². The van der Waals surface area contributed by atoms with Crippen molar-refractivity contribution in [1.29, 1.82) is 0 Å². The molecule has 4 heteroatoms. The van der Waals surface area contributed by atoms with Gasteiger partial charge in [-0.05, 0) is 48.6 Å². The summed E-state index contributed by atoms with van der Waals surface area (Å²) in [6, 6.07) is 6.05. The van der Waals surface area contributed by atoms with E-state index in [-0.39, 0.29) is 6.04 Å². The first-order chi connectivity index (χ1) is 8.11. The lowest BCUT2D eigenvalue weighted by atomic mass is 10.1. The first-order valence-electron chi connectivity index (χ1n) is 6.00. The molecule has 0 spiro atoms. The molecule has 1 saturated carbocycles. The van der Waals surface area contributed by atoms with E-state index in [0.29, 0.717) is 6.54 Å². The minimum Gasteiger partial charge on any atom is -0.329 e. The van der Waals surface area contributed by atoms with Gasteiger partial charge in [0.05, 0.1) is 0 Å². The Morgan fingerprint density at radius 1 is 1.59 bits per heavy atom. The third-order valence-corrected chi connectivity index (χ3v) is 4.31. The number of hydrogen-bond donors (Lipinski definition) is 2. The Morgan fingerprint density at radius 2 is 2.29 bits per heavy atom. The summed E-state index contributed by atoms with van der Waals surface area (Å²) < 4.78 is 1.04. The van der Waals surface area contributed by atoms with E-state index in [2.05, 4.69) is 28.2 Å². The van der Waals surface area contributed by atoms with Crippen LogP contribution in [-0.4, -0.2) is 13.1 Å². The highest BCUT2D eigenvalue weighted by Crippen LogP contribution is 2.37. The van der Waals surface area contributed by atoms with E-state index >= 15 is 0 Å². The second kappa shape index (κ2) is 5.70. The van der Waals surface area contributed by atoms with Crippen LogP contribution in [0.1, 0.15) is 24.9 Å². The number of hydrogen-bond acceptors (Lipinski definition) is 2. The molecule has 1 aromatic rings. The van der Waals surface area contributed by atoms with Crippen molar-refractivity contribution in [2.75, 3.05) is 13.1 Å². The average molecular weight is 318 g/mol. The highest BCUT2D eigenvalue weighted by Gasteiger charge is 2.32. The molecule has 1 aromatic carbocycles. The minimum absolute atomic E-state index is 0.146. The van der Waals surface area contributed by atoms with Crippen LogP contribution in [0.2, 0.25) is 5.02 Å². The van der Waals surface area contributed by atoms with Gasteiger partial charge in [-0.15, -0.1) is 0 Å². The molecular weight excluding hydrogens is 300 g/mol. The largest absolute Gasteiger partial charge is 0.329 e. The molecule has 0 amide bonds. The van der Waals surface area contributed by atoms with E-state index < -0.39 is 0 Å². The number of nitrogens with one attached hydrogen (secondary N) is 1. The molecule has 2 rings (SSSR count). The Morgan fingerprint density at radius 3 is 2.88 bits per heavy atom. The third kappa shape index (κ3) is 3.44. The molecule has 1 fully saturated rings. The topological polar surface area (TPSA) is 38.0 Å². The van der Waals surface area contributed by atoms with E-state index in [0.717, 1.165) is 33.4 Å². The van der Waals surface area contributed by atoms with Gasteiger partial charge in [-0.2, -0.15) is 0 Å². The molecule has 0 aliphatic heterocycles. The molecule has 3 atom stereocenters. The lowest BCUT2D eigenvalue weighted by Gasteiger charge is -2.19. The lowest BCUT2D eigenvalue weighted by molar-refractivity contribution is 0.511. The summed E-state index contributed by atoms with van der Waals surface area (Å²) in [5, 5.41) is 4.29. The zero-order valence-corrected chi connectivity index (χ0v) is 12.3. The maximum absolute atomic E-state index is 6.21. The molecule has 3 N–H and O–H groups in total. The smallest absolute Gasteiger partial charge is 0.0459 e. The first kappa shape index (κ1) is 13.3. The van der Waals surface area contributed by atoms with Gasteiger partial charge in [0, 0.05) is 22.1 Å². The van der Waals surface area contributed by atoms with Crippen molar-refractivity contribution in [3.05, 3.63) is 33.3 Å². The van der Waals surface area contributed by atoms with Gasteiger partial charge in [0.1, 0.15) is 0 Å². The molecule has 0 aromatic heterocycles. The Hall–Kier alpha value is -0.0900. The fourth-order valence-corrected chi connectivity index (χ4v) is 2.71. The van der Waals surface area contributed by atoms with Gasteiger partial charge >= 0.3 is 0 Å². The van der Waals surface area contributed by atoms with E-state index in [1.807, 2.05) is 18.2 Å². The highest BCUT2D eigenvalue weighted by atomic mass is 79.9. The van der Waals surface area contributed by atoms with Crippen molar-refractivity contribution in [2.45, 2.75) is 19.4 Å². The predicted octanol–water partition coefficient (Wildman–Crippen LogP) is 3.35. The average Bonchev–Trinajstić information content (AvgIpc) is 3.00. The van der Waals surface area contributed by atoms with Gasteiger partial charge in [0.2, 0.25) is 0 Å². The van der Waals surface area contributed by atoms with Crippen LogP contribution < -0.4 is 11.1 Å². The maximum atomic E-state index is 6.21. The fraction of sp³-hybridized carbons (Fsp3) is 0.538. The molecule has 1 aliphatic carbocycles. The molecule has 94 valence electrons. The SMILES string of the molecule is CC1CC1CNC(CN)c1cc(Br)ccc1Cl. The lowest BCUT2D eigenvalue weighted by Crippen LogP contribution is -2.30. The van der Waals surface area contributed by atoms with Crippen LogP contribution >= 0.6 is 27.5 Å². The van der Waals surface area contributed by atoms with Gasteiger partial charge in [0.25, 0.3) is 0 Å². The van der Waals surface area contributed by atoms with Crippen molar-refractivity contribution in [3.8, 4) is 0 Å². The second-order valence-electron chi connectivity index (χ2n) is 4.84. The Balaban J connectivity index is 2.03. The summed E-state index contributed by atoms with van der Waals surface area (Å²) in [7, 11) is 0. The molecule has 0 bridgehead atoms. The monoisotopic (exact) mass is 316 g/mol. The van der Waals surface area contributed by atoms with E-state index in [4.69, 9.17) is 17.3 Å². The molecule has 17 heavy (non-hydrogen) atoms. The Labute approximate surface area is 116 Å². The predicted molar refractivity (Wildman–Crippen MR) is 76.2 cm³/mol. The molecule has 0 saturated heterocycles. The van der Waals surface area contributed by atoms with Gasteiger partial charge in [-0.25, -0.2) is 0 Å². The number of benzene rings is 1. The van der Waals surface area contributed by atoms with Crippen LogP contribution in [-0.2, 0) is 0 Å². The van der Waals surface area contributed by atoms with Gasteiger partial charge in [0.15, 0.2) is 0 Å². The number of nitrogens with two attached hydrogens (primary N) is 1. The molecular formula is C13H18BrClN2. The minimum atomic E-state index is 0.146. The number of rotatable bonds is 5. The molecule has 0 radical (unpaired) electrons. The third-order valence-electron chi connectivity index (χ3n) is 3.47. The zero-order valence-electron chi connectivity index (χ0n) is 9.92. The summed E-state index contributed by atoms with van der Waals surface area (Å²) in [5.41, 5.74) is 6.91. The van der Waals surface area contributed by atoms with E-state index in [1.54, 1.807) is 0 Å². The quantitative estimate of drug-likeness (QED) is 0.874. The van der Waals surface area contributed by atoms with Crippen molar-refractivity contribution in [3.63, 3.8) is 0 Å². The summed E-state index contributed by atoms with van der Waals surface area (Å²) in [6.07, 6.45) is 1.33. The summed E-state index contributed by atoms with van der Waals surface area (Å²) in [6.45, 7) is 3.89. The first-order valence-corrected chi connectivity index (χ1v) is 7.17. The van der Waals surface area contributed by atoms with Crippen LogP contribution in [0.5, 0.6) is 0 Å². The van der Waals surface area contributed by atoms with E-state index in [9.17, 15) is 0 Å². The van der Waals surface area contributed by atoms with Crippen LogP contribution in [0.3, 0.4) is 0 Å². The van der Waals surface area contributed by atoms with Crippen LogP contribution in [0.25, 0.3) is 0 Å². The van der Waals surface area contributed by atoms with Crippen LogP contribution in [0.15, 0.2) is 22.7 Å². The standard InChI is InChI=1S/C13H18BrClN2/c1-8-4-9(8)7-17-13(6-16)11-5-10(14)2-3-12(11)15/h2-3,5,8-9,13,17H,4,6-7,16H2,1H3. The van der Waals surface area contributed by atoms with Gasteiger partial charge < -0.3 is 11.1 Å². The Bertz CT molecular complexity index is 397. The molecule has 0 heterocycles. The summed E-state index contributed by atoms with van der Waals surface area (Å²) in [5.74, 6) is 1.67. The summed E-state index contributed by atoms with van der Waals surface area (Å²) >= 11 is 9.68. The van der Waals surface area contributed by atoms with Crippen molar-refractivity contribution < 1.29 is 0 Å². The van der Waals surface area contributed by atoms with E-state index in [1.165, 1.54) is 6.42 Å². The molecule has 3 unspecified atom stereocenters. The Kier molecular flexibility index (Phi) is 4.47. The normalized spacial score (nSPS) is 24.7. The van der Waals surface area contributed by atoms with Crippen molar-refractivity contribution in [2.24, 2.45) is 17.6 Å². The van der Waals surface area contributed by atoms with Crippen LogP contribution in [0.4, 0.5) is 0 Å². The fourth-order valence-electron chi connectivity index (χ4n) is 2.08. The van der Waals surface area contributed by atoms with Crippen LogP contribution in [0, 0.1) is 11.8 Å². The molecule has 2 nitrogen and oxygen atoms in total.